The normalized spacial score (nSPS) is 18.0. The molecule has 21 nitrogen and oxygen atoms in total. The Hall–Kier alpha value is -6.64. The van der Waals surface area contributed by atoms with Crippen LogP contribution < -0.4 is 37.6 Å². The molecule has 11 N–H and O–H groups in total. The highest BCUT2D eigenvalue weighted by Crippen LogP contribution is 2.28. The summed E-state index contributed by atoms with van der Waals surface area (Å²) in [5.74, 6) is -5.05. The van der Waals surface area contributed by atoms with Gasteiger partial charge in [0.1, 0.15) is 36.3 Å². The van der Waals surface area contributed by atoms with E-state index in [1.54, 1.807) is 30.5 Å². The van der Waals surface area contributed by atoms with Crippen molar-refractivity contribution in [2.24, 2.45) is 23.5 Å². The number of carbonyl (C=O) groups is 8. The lowest BCUT2D eigenvalue weighted by atomic mass is 9.83. The predicted octanol–water partition coefficient (Wildman–Crippen LogP) is 0.989. The standard InChI is InChI=1S/C50H74N12O9/c1-29(2)19-36(42(64)24-43(65)57-38(20-30(3)4)46(67)59-37(45(51)66)21-32-13-8-6-9-14-32)58-47(68)39(22-34-25-52-27-54-34)60-49(70)44(33-15-10-7-11-16-33)61-48(69)41-17-12-18-62(41)50(71)40(56-31(5)63)23-35-26-53-28-55-35/h6,8-9,13-14,25-30,33,36-42,44,64H,7,10-12,15-24H2,1-5H3,(H2,51,66)(H,52,54)(H,53,55)(H,56,63)(H,57,65)(H,58,68)(H,59,67)(H,60,70)(H,61,69)/t36-,37-,38-,39-,40-,41+,42-,44-/m0/s1. The number of hydrogen-bond donors (Lipinski definition) is 10. The van der Waals surface area contributed by atoms with Crippen LogP contribution in [0.4, 0.5) is 0 Å². The van der Waals surface area contributed by atoms with Crippen LogP contribution in [-0.4, -0.2) is 132 Å². The van der Waals surface area contributed by atoms with Gasteiger partial charge in [-0.2, -0.15) is 0 Å². The molecular weight excluding hydrogens is 913 g/mol. The SMILES string of the molecule is CC(=O)N[C@@H](Cc1cnc[nH]1)C(=O)N1CCC[C@@H]1C(=O)N[C@H](C(=O)N[C@@H](Cc1cnc[nH]1)C(=O)N[C@@H](CC(C)C)[C@@H](O)CC(=O)N[C@@H](CC(C)C)C(=O)N[C@@H](Cc1ccccc1)C(N)=O)C1CCCCC1. The maximum atomic E-state index is 14.6. The number of benzene rings is 1. The lowest BCUT2D eigenvalue weighted by Gasteiger charge is -2.34. The first-order valence-corrected chi connectivity index (χ1v) is 24.9. The Morgan fingerprint density at radius 3 is 1.87 bits per heavy atom. The number of H-pyrrole nitrogens is 2. The fourth-order valence-electron chi connectivity index (χ4n) is 9.50. The molecule has 8 atom stereocenters. The molecular formula is C50H74N12O9. The van der Waals surface area contributed by atoms with Crippen molar-refractivity contribution in [2.45, 2.75) is 166 Å². The van der Waals surface area contributed by atoms with Crippen LogP contribution in [0.5, 0.6) is 0 Å². The van der Waals surface area contributed by atoms with Crippen LogP contribution in [0.25, 0.3) is 0 Å². The molecule has 3 heterocycles. The van der Waals surface area contributed by atoms with Gasteiger partial charge in [0.2, 0.25) is 47.3 Å². The van der Waals surface area contributed by atoms with Gasteiger partial charge in [0.15, 0.2) is 0 Å². The Kier molecular flexibility index (Phi) is 21.1. The fourth-order valence-corrected chi connectivity index (χ4v) is 9.50. The van der Waals surface area contributed by atoms with Crippen molar-refractivity contribution in [3.63, 3.8) is 0 Å². The summed E-state index contributed by atoms with van der Waals surface area (Å²) in [7, 11) is 0. The zero-order valence-electron chi connectivity index (χ0n) is 41.6. The Bertz CT molecular complexity index is 2220. The van der Waals surface area contributed by atoms with Crippen molar-refractivity contribution >= 4 is 47.3 Å². The lowest BCUT2D eigenvalue weighted by molar-refractivity contribution is -0.142. The number of rotatable bonds is 26. The van der Waals surface area contributed by atoms with Gasteiger partial charge in [0.05, 0.1) is 31.2 Å². The molecule has 1 aliphatic carbocycles. The predicted molar refractivity (Wildman–Crippen MR) is 262 cm³/mol. The number of aliphatic hydroxyl groups excluding tert-OH is 1. The molecule has 21 heteroatoms. The van der Waals surface area contributed by atoms with E-state index >= 15 is 0 Å². The van der Waals surface area contributed by atoms with Gasteiger partial charge in [-0.15, -0.1) is 0 Å². The number of aromatic nitrogens is 4. The summed E-state index contributed by atoms with van der Waals surface area (Å²) in [5.41, 5.74) is 7.59. The monoisotopic (exact) mass is 987 g/mol. The highest BCUT2D eigenvalue weighted by molar-refractivity contribution is 5.96. The zero-order chi connectivity index (χ0) is 51.6. The number of nitrogens with zero attached hydrogens (tertiary/aromatic N) is 3. The molecule has 0 spiro atoms. The van der Waals surface area contributed by atoms with Crippen molar-refractivity contribution in [1.82, 2.24) is 56.7 Å². The minimum Gasteiger partial charge on any atom is -0.390 e. The molecule has 8 amide bonds. The van der Waals surface area contributed by atoms with Gasteiger partial charge in [0.25, 0.3) is 0 Å². The van der Waals surface area contributed by atoms with Gasteiger partial charge in [-0.3, -0.25) is 38.4 Å². The molecule has 2 aliphatic rings. The molecule has 71 heavy (non-hydrogen) atoms. The van der Waals surface area contributed by atoms with Crippen LogP contribution in [-0.2, 0) is 57.6 Å². The molecule has 0 radical (unpaired) electrons. The van der Waals surface area contributed by atoms with Crippen LogP contribution >= 0.6 is 0 Å². The van der Waals surface area contributed by atoms with Gasteiger partial charge >= 0.3 is 0 Å². The number of likely N-dealkylation sites (tertiary alicyclic amines) is 1. The van der Waals surface area contributed by atoms with E-state index in [1.165, 1.54) is 30.7 Å². The van der Waals surface area contributed by atoms with Crippen molar-refractivity contribution in [3.8, 4) is 0 Å². The number of primary amides is 1. The third-order valence-electron chi connectivity index (χ3n) is 13.0. The second kappa shape index (κ2) is 27.1. The summed E-state index contributed by atoms with van der Waals surface area (Å²) in [6.07, 6.45) is 9.52. The molecule has 1 aliphatic heterocycles. The van der Waals surface area contributed by atoms with Crippen LogP contribution in [0.3, 0.4) is 0 Å². The Labute approximate surface area is 415 Å². The molecule has 388 valence electrons. The average Bonchev–Trinajstić information content (AvgIpc) is 4.14. The molecule has 0 unspecified atom stereocenters. The largest absolute Gasteiger partial charge is 0.390 e. The van der Waals surface area contributed by atoms with Crippen LogP contribution in [0.2, 0.25) is 0 Å². The molecule has 3 aromatic rings. The topological polar surface area (TPSA) is 316 Å². The zero-order valence-corrected chi connectivity index (χ0v) is 41.6. The van der Waals surface area contributed by atoms with Crippen molar-refractivity contribution < 1.29 is 43.5 Å². The summed E-state index contributed by atoms with van der Waals surface area (Å²) in [6.45, 7) is 9.11. The van der Waals surface area contributed by atoms with E-state index in [9.17, 15) is 43.5 Å². The summed E-state index contributed by atoms with van der Waals surface area (Å²) in [5, 5.41) is 28.5. The lowest BCUT2D eigenvalue weighted by Crippen LogP contribution is -2.61. The third-order valence-corrected chi connectivity index (χ3v) is 13.0. The van der Waals surface area contributed by atoms with Crippen LogP contribution in [0, 0.1) is 17.8 Å². The number of nitrogens with two attached hydrogens (primary N) is 1. The summed E-state index contributed by atoms with van der Waals surface area (Å²) in [4.78, 5) is 125. The van der Waals surface area contributed by atoms with Gasteiger partial charge in [-0.05, 0) is 61.8 Å². The van der Waals surface area contributed by atoms with Gasteiger partial charge < -0.3 is 57.6 Å². The maximum Gasteiger partial charge on any atom is 0.246 e. The second-order valence-electron chi connectivity index (χ2n) is 19.9. The van der Waals surface area contributed by atoms with Crippen molar-refractivity contribution in [1.29, 1.82) is 0 Å². The first-order chi connectivity index (χ1) is 33.9. The van der Waals surface area contributed by atoms with Gasteiger partial charge in [0, 0.05) is 56.5 Å². The quantitative estimate of drug-likeness (QED) is 0.0541. The van der Waals surface area contributed by atoms with Crippen LogP contribution in [0.15, 0.2) is 55.4 Å². The Morgan fingerprint density at radius 1 is 0.690 bits per heavy atom. The minimum absolute atomic E-state index is 0.0395. The maximum absolute atomic E-state index is 14.6. The van der Waals surface area contributed by atoms with E-state index in [4.69, 9.17) is 5.73 Å². The van der Waals surface area contributed by atoms with E-state index in [2.05, 4.69) is 51.8 Å². The summed E-state index contributed by atoms with van der Waals surface area (Å²) in [6, 6.07) is 1.77. The highest BCUT2D eigenvalue weighted by atomic mass is 16.3. The van der Waals surface area contributed by atoms with E-state index in [0.717, 1.165) is 24.8 Å². The third kappa shape index (κ3) is 17.3. The highest BCUT2D eigenvalue weighted by Gasteiger charge is 2.41. The van der Waals surface area contributed by atoms with Crippen LogP contribution in [0.1, 0.15) is 116 Å². The first-order valence-electron chi connectivity index (χ1n) is 24.9. The van der Waals surface area contributed by atoms with Crippen molar-refractivity contribution in [2.75, 3.05) is 6.54 Å². The second-order valence-corrected chi connectivity index (χ2v) is 19.9. The van der Waals surface area contributed by atoms with Gasteiger partial charge in [-0.25, -0.2) is 9.97 Å². The number of aromatic amines is 2. The average molecular weight is 987 g/mol. The van der Waals surface area contributed by atoms with E-state index in [0.29, 0.717) is 37.1 Å². The number of amides is 8. The fraction of sp³-hybridized carbons (Fsp3) is 0.600. The number of hydrogen-bond acceptors (Lipinski definition) is 11. The molecule has 2 aromatic heterocycles. The molecule has 2 fully saturated rings. The molecule has 1 aromatic carbocycles. The van der Waals surface area contributed by atoms with E-state index in [-0.39, 0.29) is 56.4 Å². The summed E-state index contributed by atoms with van der Waals surface area (Å²) >= 11 is 0. The number of nitrogens with one attached hydrogen (secondary N) is 8. The Balaban J connectivity index is 1.30. The van der Waals surface area contributed by atoms with E-state index in [1.807, 2.05) is 33.8 Å². The Morgan fingerprint density at radius 2 is 1.30 bits per heavy atom. The molecule has 5 rings (SSSR count). The molecule has 0 bridgehead atoms. The molecule has 1 saturated carbocycles. The van der Waals surface area contributed by atoms with E-state index < -0.39 is 102 Å². The number of imidazole rings is 2. The first kappa shape index (κ1) is 55.3. The smallest absolute Gasteiger partial charge is 0.246 e. The van der Waals surface area contributed by atoms with Crippen molar-refractivity contribution in [3.05, 3.63) is 72.3 Å². The molecule has 1 saturated heterocycles. The number of carbonyl (C=O) groups excluding carboxylic acids is 8. The number of aliphatic hydroxyl groups is 1. The minimum atomic E-state index is -1.43. The summed E-state index contributed by atoms with van der Waals surface area (Å²) < 4.78 is 0. The van der Waals surface area contributed by atoms with Gasteiger partial charge in [-0.1, -0.05) is 77.3 Å².